The fourth-order valence-corrected chi connectivity index (χ4v) is 3.79. The van der Waals surface area contributed by atoms with Crippen LogP contribution in [-0.4, -0.2) is 16.8 Å². The van der Waals surface area contributed by atoms with Gasteiger partial charge in [0.15, 0.2) is 0 Å². The molecule has 1 aliphatic rings. The molecule has 1 saturated carbocycles. The second kappa shape index (κ2) is 8.05. The predicted molar refractivity (Wildman–Crippen MR) is 114 cm³/mol. The number of aromatic nitrogens is 1. The van der Waals surface area contributed by atoms with Gasteiger partial charge in [-0.2, -0.15) is 0 Å². The highest BCUT2D eigenvalue weighted by Crippen LogP contribution is 2.45. The minimum Gasteiger partial charge on any atom is -0.325 e. The highest BCUT2D eigenvalue weighted by Gasteiger charge is 2.45. The molecule has 3 aromatic rings. The average Bonchev–Trinajstić information content (AvgIpc) is 2.68. The largest absolute Gasteiger partial charge is 0.325 e. The number of anilines is 2. The first-order chi connectivity index (χ1) is 14.1. The highest BCUT2D eigenvalue weighted by atomic mass is 35.5. The number of rotatable bonds is 5. The van der Waals surface area contributed by atoms with E-state index < -0.39 is 5.41 Å². The molecule has 1 aliphatic carbocycles. The average molecular weight is 406 g/mol. The lowest BCUT2D eigenvalue weighted by molar-refractivity contribution is -0.124. The van der Waals surface area contributed by atoms with Crippen molar-refractivity contribution < 1.29 is 9.59 Å². The third-order valence-corrected chi connectivity index (χ3v) is 5.57. The molecular weight excluding hydrogens is 386 g/mol. The topological polar surface area (TPSA) is 71.1 Å². The van der Waals surface area contributed by atoms with Gasteiger partial charge in [-0.3, -0.25) is 14.6 Å². The van der Waals surface area contributed by atoms with Gasteiger partial charge in [0.25, 0.3) is 5.91 Å². The first kappa shape index (κ1) is 19.2. The zero-order valence-corrected chi connectivity index (χ0v) is 16.4. The van der Waals surface area contributed by atoms with Crippen LogP contribution in [0.3, 0.4) is 0 Å². The summed E-state index contributed by atoms with van der Waals surface area (Å²) in [5.41, 5.74) is 2.15. The van der Waals surface area contributed by atoms with Crippen LogP contribution >= 0.6 is 11.6 Å². The van der Waals surface area contributed by atoms with Gasteiger partial charge in [0.1, 0.15) is 0 Å². The molecule has 0 saturated heterocycles. The van der Waals surface area contributed by atoms with Gasteiger partial charge in [-0.05, 0) is 60.9 Å². The normalized spacial score (nSPS) is 14.5. The molecular formula is C23H20ClN3O2. The van der Waals surface area contributed by atoms with Crippen LogP contribution in [0.2, 0.25) is 5.02 Å². The molecule has 0 atom stereocenters. The van der Waals surface area contributed by atoms with Crippen molar-refractivity contribution in [3.63, 3.8) is 0 Å². The number of carbonyl (C=O) groups is 2. The molecule has 6 heteroatoms. The van der Waals surface area contributed by atoms with Gasteiger partial charge in [0.2, 0.25) is 5.91 Å². The van der Waals surface area contributed by atoms with E-state index in [1.54, 1.807) is 42.7 Å². The molecule has 29 heavy (non-hydrogen) atoms. The Hall–Kier alpha value is -3.18. The van der Waals surface area contributed by atoms with Gasteiger partial charge in [-0.25, -0.2) is 0 Å². The van der Waals surface area contributed by atoms with Crippen LogP contribution in [0.4, 0.5) is 11.4 Å². The quantitative estimate of drug-likeness (QED) is 0.624. The lowest BCUT2D eigenvalue weighted by Crippen LogP contribution is -2.46. The molecule has 0 unspecified atom stereocenters. The summed E-state index contributed by atoms with van der Waals surface area (Å²) in [4.78, 5) is 29.4. The van der Waals surface area contributed by atoms with Crippen molar-refractivity contribution in [3.05, 3.63) is 89.2 Å². The molecule has 1 fully saturated rings. The Morgan fingerprint density at radius 3 is 2.24 bits per heavy atom. The lowest BCUT2D eigenvalue weighted by Gasteiger charge is -2.40. The molecule has 4 rings (SSSR count). The van der Waals surface area contributed by atoms with Crippen LogP contribution in [0.5, 0.6) is 0 Å². The van der Waals surface area contributed by atoms with Gasteiger partial charge in [0, 0.05) is 34.4 Å². The van der Waals surface area contributed by atoms with Crippen LogP contribution in [0.25, 0.3) is 0 Å². The maximum absolute atomic E-state index is 13.1. The summed E-state index contributed by atoms with van der Waals surface area (Å²) < 4.78 is 0. The number of halogens is 1. The Morgan fingerprint density at radius 1 is 0.897 bits per heavy atom. The number of hydrogen-bond acceptors (Lipinski definition) is 3. The van der Waals surface area contributed by atoms with Crippen molar-refractivity contribution in [2.45, 2.75) is 24.7 Å². The van der Waals surface area contributed by atoms with Crippen molar-refractivity contribution in [1.82, 2.24) is 4.98 Å². The Labute approximate surface area is 174 Å². The summed E-state index contributed by atoms with van der Waals surface area (Å²) in [5, 5.41) is 6.48. The number of benzene rings is 2. The van der Waals surface area contributed by atoms with E-state index in [0.717, 1.165) is 24.8 Å². The third kappa shape index (κ3) is 4.00. The number of pyridine rings is 1. The zero-order chi connectivity index (χ0) is 20.3. The van der Waals surface area contributed by atoms with Gasteiger partial charge < -0.3 is 10.6 Å². The minimum absolute atomic E-state index is 0.0522. The van der Waals surface area contributed by atoms with Crippen LogP contribution in [0.15, 0.2) is 73.1 Å². The molecule has 1 heterocycles. The van der Waals surface area contributed by atoms with Crippen molar-refractivity contribution >= 4 is 34.8 Å². The van der Waals surface area contributed by atoms with Crippen LogP contribution in [0.1, 0.15) is 35.2 Å². The van der Waals surface area contributed by atoms with Crippen LogP contribution < -0.4 is 10.6 Å². The van der Waals surface area contributed by atoms with Crippen LogP contribution in [0, 0.1) is 0 Å². The fourth-order valence-electron chi connectivity index (χ4n) is 3.60. The Bertz CT molecular complexity index is 1050. The number of amides is 2. The second-order valence-electron chi connectivity index (χ2n) is 7.17. The van der Waals surface area contributed by atoms with E-state index in [0.29, 0.717) is 22.0 Å². The number of nitrogens with zero attached hydrogens (tertiary/aromatic N) is 1. The van der Waals surface area contributed by atoms with E-state index in [4.69, 9.17) is 11.6 Å². The lowest BCUT2D eigenvalue weighted by atomic mass is 9.64. The maximum atomic E-state index is 13.1. The molecule has 2 aromatic carbocycles. The SMILES string of the molecule is O=C(Nc1cccc(NC(=O)C2(c3cccc(Cl)c3)CCC2)c1)c1ccncc1. The van der Waals surface area contributed by atoms with Gasteiger partial charge in [-0.1, -0.05) is 36.2 Å². The van der Waals surface area contributed by atoms with Crippen molar-refractivity contribution in [3.8, 4) is 0 Å². The number of hydrogen-bond donors (Lipinski definition) is 2. The minimum atomic E-state index is -0.554. The maximum Gasteiger partial charge on any atom is 0.255 e. The Morgan fingerprint density at radius 2 is 1.59 bits per heavy atom. The molecule has 5 nitrogen and oxygen atoms in total. The third-order valence-electron chi connectivity index (χ3n) is 5.34. The second-order valence-corrected chi connectivity index (χ2v) is 7.61. The number of carbonyl (C=O) groups excluding carboxylic acids is 2. The van der Waals surface area contributed by atoms with Gasteiger partial charge in [-0.15, -0.1) is 0 Å². The van der Waals surface area contributed by atoms with Crippen LogP contribution in [-0.2, 0) is 10.2 Å². The summed E-state index contributed by atoms with van der Waals surface area (Å²) in [6, 6.07) is 17.9. The number of nitrogens with one attached hydrogen (secondary N) is 2. The smallest absolute Gasteiger partial charge is 0.255 e. The highest BCUT2D eigenvalue weighted by molar-refractivity contribution is 6.30. The fraction of sp³-hybridized carbons (Fsp3) is 0.174. The predicted octanol–water partition coefficient (Wildman–Crippen LogP) is 5.05. The van der Waals surface area contributed by atoms with Crippen molar-refractivity contribution in [2.75, 3.05) is 10.6 Å². The molecule has 0 aliphatic heterocycles. The van der Waals surface area contributed by atoms with Gasteiger partial charge in [0.05, 0.1) is 5.41 Å². The molecule has 0 bridgehead atoms. The standard InChI is InChI=1S/C23H20ClN3O2/c24-18-5-1-4-17(14-18)23(10-3-11-23)22(29)27-20-7-2-6-19(15-20)26-21(28)16-8-12-25-13-9-16/h1-2,4-9,12-15H,3,10-11H2,(H,26,28)(H,27,29). The summed E-state index contributed by atoms with van der Waals surface area (Å²) >= 11 is 6.14. The molecule has 0 spiro atoms. The molecule has 146 valence electrons. The van der Waals surface area contributed by atoms with Gasteiger partial charge >= 0.3 is 0 Å². The molecule has 0 radical (unpaired) electrons. The first-order valence-corrected chi connectivity index (χ1v) is 9.84. The first-order valence-electron chi connectivity index (χ1n) is 9.46. The summed E-state index contributed by atoms with van der Waals surface area (Å²) in [7, 11) is 0. The summed E-state index contributed by atoms with van der Waals surface area (Å²) in [6.07, 6.45) is 5.72. The van der Waals surface area contributed by atoms with E-state index in [1.165, 1.54) is 0 Å². The van der Waals surface area contributed by atoms with E-state index in [9.17, 15) is 9.59 Å². The Balaban J connectivity index is 1.50. The Kier molecular flexibility index (Phi) is 5.32. The zero-order valence-electron chi connectivity index (χ0n) is 15.7. The van der Waals surface area contributed by atoms with E-state index in [2.05, 4.69) is 15.6 Å². The summed E-state index contributed by atoms with van der Waals surface area (Å²) in [6.45, 7) is 0. The van der Waals surface area contributed by atoms with Crippen molar-refractivity contribution in [2.24, 2.45) is 0 Å². The van der Waals surface area contributed by atoms with E-state index in [1.807, 2.05) is 30.3 Å². The molecule has 2 amide bonds. The molecule has 2 N–H and O–H groups in total. The van der Waals surface area contributed by atoms with E-state index in [-0.39, 0.29) is 11.8 Å². The van der Waals surface area contributed by atoms with E-state index >= 15 is 0 Å². The van der Waals surface area contributed by atoms with Crippen molar-refractivity contribution in [1.29, 1.82) is 0 Å². The molecule has 1 aromatic heterocycles. The summed E-state index contributed by atoms with van der Waals surface area (Å²) in [5.74, 6) is -0.283. The monoisotopic (exact) mass is 405 g/mol.